The molecule has 0 spiro atoms. The van der Waals surface area contributed by atoms with Crippen molar-refractivity contribution in [1.82, 2.24) is 0 Å². The van der Waals surface area contributed by atoms with E-state index in [9.17, 15) is 9.90 Å². The number of hydrogen-bond acceptors (Lipinski definition) is 4. The molecule has 3 rings (SSSR count). The van der Waals surface area contributed by atoms with Crippen LogP contribution < -0.4 is 9.64 Å². The number of aromatic carboxylic acids is 1. The summed E-state index contributed by atoms with van der Waals surface area (Å²) in [7, 11) is 1.71. The van der Waals surface area contributed by atoms with Crippen molar-refractivity contribution in [3.8, 4) is 5.75 Å². The Morgan fingerprint density at radius 3 is 3.00 bits per heavy atom. The number of benzene rings is 1. The van der Waals surface area contributed by atoms with E-state index in [0.717, 1.165) is 12.2 Å². The largest absolute Gasteiger partial charge is 0.489 e. The molecule has 0 aromatic heterocycles. The van der Waals surface area contributed by atoms with Crippen LogP contribution in [0.3, 0.4) is 0 Å². The second-order valence-electron chi connectivity index (χ2n) is 5.36. The van der Waals surface area contributed by atoms with Crippen LogP contribution in [0.4, 0.5) is 5.69 Å². The molecule has 0 bridgehead atoms. The van der Waals surface area contributed by atoms with Crippen LogP contribution >= 0.6 is 0 Å². The summed E-state index contributed by atoms with van der Waals surface area (Å²) >= 11 is 0. The van der Waals surface area contributed by atoms with E-state index in [1.807, 2.05) is 6.07 Å². The Bertz CT molecular complexity index is 513. The number of rotatable bonds is 5. The number of hydrogen-bond donors (Lipinski definition) is 1. The fraction of sp³-hybridized carbons (Fsp3) is 0.533. The molecule has 5 heteroatoms. The Balaban J connectivity index is 1.96. The molecule has 1 fully saturated rings. The van der Waals surface area contributed by atoms with Crippen molar-refractivity contribution in [2.24, 2.45) is 5.92 Å². The molecule has 1 aliphatic heterocycles. The molecular formula is C15H19NO4. The Kier molecular flexibility index (Phi) is 3.53. The summed E-state index contributed by atoms with van der Waals surface area (Å²) in [6.45, 7) is 1.96. The molecule has 5 nitrogen and oxygen atoms in total. The van der Waals surface area contributed by atoms with Crippen LogP contribution in [0.1, 0.15) is 23.2 Å². The topological polar surface area (TPSA) is 59.0 Å². The zero-order valence-corrected chi connectivity index (χ0v) is 11.5. The Hall–Kier alpha value is -1.75. The quantitative estimate of drug-likeness (QED) is 0.892. The van der Waals surface area contributed by atoms with E-state index in [2.05, 4.69) is 4.90 Å². The van der Waals surface area contributed by atoms with Crippen LogP contribution in [-0.2, 0) is 4.74 Å². The molecule has 1 aromatic rings. The maximum Gasteiger partial charge on any atom is 0.339 e. The summed E-state index contributed by atoms with van der Waals surface area (Å²) in [5.74, 6) is 0.195. The first-order chi connectivity index (χ1) is 9.72. The fourth-order valence-corrected chi connectivity index (χ4v) is 2.91. The van der Waals surface area contributed by atoms with Crippen molar-refractivity contribution < 1.29 is 19.4 Å². The number of para-hydroxylation sites is 1. The van der Waals surface area contributed by atoms with Gasteiger partial charge in [0, 0.05) is 7.11 Å². The average molecular weight is 277 g/mol. The highest BCUT2D eigenvalue weighted by molar-refractivity contribution is 5.93. The van der Waals surface area contributed by atoms with E-state index in [-0.39, 0.29) is 5.56 Å². The van der Waals surface area contributed by atoms with Gasteiger partial charge in [0.1, 0.15) is 12.2 Å². The van der Waals surface area contributed by atoms with Gasteiger partial charge in [-0.1, -0.05) is 6.07 Å². The van der Waals surface area contributed by atoms with Crippen molar-refractivity contribution in [3.05, 3.63) is 23.8 Å². The standard InChI is InChI=1S/C15H19NO4/c1-19-9-13(10-5-6-10)16-7-8-20-14-11(15(17)18)3-2-4-12(14)16/h2-4,10,13H,5-9H2,1H3,(H,17,18). The number of nitrogens with zero attached hydrogens (tertiary/aromatic N) is 1. The molecule has 2 aliphatic rings. The molecule has 1 N–H and O–H groups in total. The molecule has 1 aliphatic carbocycles. The molecule has 1 heterocycles. The third-order valence-corrected chi connectivity index (χ3v) is 4.02. The highest BCUT2D eigenvalue weighted by Gasteiger charge is 2.38. The summed E-state index contributed by atoms with van der Waals surface area (Å²) in [6, 6.07) is 5.62. The molecule has 1 unspecified atom stereocenters. The molecule has 0 radical (unpaired) electrons. The second-order valence-corrected chi connectivity index (χ2v) is 5.36. The van der Waals surface area contributed by atoms with Crippen molar-refractivity contribution in [1.29, 1.82) is 0 Å². The van der Waals surface area contributed by atoms with Crippen molar-refractivity contribution in [2.45, 2.75) is 18.9 Å². The third kappa shape index (κ3) is 2.33. The molecule has 1 aromatic carbocycles. The molecule has 1 atom stereocenters. The van der Waals surface area contributed by atoms with E-state index in [4.69, 9.17) is 9.47 Å². The summed E-state index contributed by atoms with van der Waals surface area (Å²) in [5, 5.41) is 9.27. The Morgan fingerprint density at radius 1 is 1.55 bits per heavy atom. The smallest absolute Gasteiger partial charge is 0.339 e. The number of carboxylic acids is 1. The first kappa shape index (κ1) is 13.2. The first-order valence-corrected chi connectivity index (χ1v) is 6.97. The molecule has 20 heavy (non-hydrogen) atoms. The maximum atomic E-state index is 11.3. The summed E-state index contributed by atoms with van der Waals surface area (Å²) in [4.78, 5) is 13.6. The minimum Gasteiger partial charge on any atom is -0.489 e. The van der Waals surface area contributed by atoms with Crippen LogP contribution in [0.5, 0.6) is 5.75 Å². The van der Waals surface area contributed by atoms with Crippen LogP contribution in [0, 0.1) is 5.92 Å². The van der Waals surface area contributed by atoms with Crippen molar-refractivity contribution in [2.75, 3.05) is 31.8 Å². The number of fused-ring (bicyclic) bond motifs is 1. The monoisotopic (exact) mass is 277 g/mol. The van der Waals surface area contributed by atoms with E-state index in [0.29, 0.717) is 30.9 Å². The summed E-state index contributed by atoms with van der Waals surface area (Å²) in [5.41, 5.74) is 1.12. The molecule has 0 saturated heterocycles. The second kappa shape index (κ2) is 5.32. The lowest BCUT2D eigenvalue weighted by Gasteiger charge is -2.38. The highest BCUT2D eigenvalue weighted by Crippen LogP contribution is 2.42. The van der Waals surface area contributed by atoms with Gasteiger partial charge >= 0.3 is 5.97 Å². The lowest BCUT2D eigenvalue weighted by Crippen LogP contribution is -2.45. The number of anilines is 1. The van der Waals surface area contributed by atoms with Gasteiger partial charge in [0.2, 0.25) is 0 Å². The zero-order chi connectivity index (χ0) is 14.1. The number of ether oxygens (including phenoxy) is 2. The zero-order valence-electron chi connectivity index (χ0n) is 11.5. The predicted octanol–water partition coefficient (Wildman–Crippen LogP) is 2.01. The van der Waals surface area contributed by atoms with E-state index in [1.165, 1.54) is 12.8 Å². The van der Waals surface area contributed by atoms with Gasteiger partial charge in [0.15, 0.2) is 5.75 Å². The highest BCUT2D eigenvalue weighted by atomic mass is 16.5. The predicted molar refractivity (Wildman–Crippen MR) is 74.6 cm³/mol. The summed E-state index contributed by atoms with van der Waals surface area (Å²) in [6.07, 6.45) is 2.44. The first-order valence-electron chi connectivity index (χ1n) is 6.97. The summed E-state index contributed by atoms with van der Waals surface area (Å²) < 4.78 is 11.0. The van der Waals surface area contributed by atoms with Gasteiger partial charge < -0.3 is 19.5 Å². The average Bonchev–Trinajstić information content (AvgIpc) is 3.28. The van der Waals surface area contributed by atoms with Crippen LogP contribution in [0.15, 0.2) is 18.2 Å². The van der Waals surface area contributed by atoms with Crippen molar-refractivity contribution in [3.63, 3.8) is 0 Å². The SMILES string of the molecule is COCC(C1CC1)N1CCOc2c(C(=O)O)cccc21. The minimum atomic E-state index is -0.946. The number of methoxy groups -OCH3 is 1. The molecule has 108 valence electrons. The van der Waals surface area contributed by atoms with Gasteiger partial charge in [-0.2, -0.15) is 0 Å². The van der Waals surface area contributed by atoms with Crippen LogP contribution in [0.25, 0.3) is 0 Å². The van der Waals surface area contributed by atoms with E-state index >= 15 is 0 Å². The Labute approximate surface area is 118 Å². The molecule has 0 amide bonds. The van der Waals surface area contributed by atoms with Crippen LogP contribution in [0.2, 0.25) is 0 Å². The third-order valence-electron chi connectivity index (χ3n) is 4.02. The number of carbonyl (C=O) groups is 1. The van der Waals surface area contributed by atoms with Crippen molar-refractivity contribution >= 4 is 11.7 Å². The number of carboxylic acid groups (broad SMARTS) is 1. The van der Waals surface area contributed by atoms with E-state index in [1.54, 1.807) is 19.2 Å². The lowest BCUT2D eigenvalue weighted by atomic mass is 10.1. The van der Waals surface area contributed by atoms with Gasteiger partial charge in [-0.3, -0.25) is 0 Å². The van der Waals surface area contributed by atoms with Gasteiger partial charge in [0.25, 0.3) is 0 Å². The van der Waals surface area contributed by atoms with Gasteiger partial charge in [-0.15, -0.1) is 0 Å². The van der Waals surface area contributed by atoms with Gasteiger partial charge in [0.05, 0.1) is 24.9 Å². The van der Waals surface area contributed by atoms with Gasteiger partial charge in [-0.25, -0.2) is 4.79 Å². The normalized spacial score (nSPS) is 19.1. The Morgan fingerprint density at radius 2 is 2.35 bits per heavy atom. The minimum absolute atomic E-state index is 0.235. The van der Waals surface area contributed by atoms with E-state index < -0.39 is 5.97 Å². The van der Waals surface area contributed by atoms with Crippen LogP contribution in [-0.4, -0.2) is 44.0 Å². The molecular weight excluding hydrogens is 258 g/mol. The molecule has 1 saturated carbocycles. The lowest BCUT2D eigenvalue weighted by molar-refractivity contribution is 0.0691. The fourth-order valence-electron chi connectivity index (χ4n) is 2.91. The maximum absolute atomic E-state index is 11.3. The van der Waals surface area contributed by atoms with Gasteiger partial charge in [-0.05, 0) is 30.9 Å².